The molecule has 2 N–H and O–H groups in total. The largest absolute Gasteiger partial charge is 0.396 e. The van der Waals surface area contributed by atoms with Crippen LogP contribution in [0, 0.1) is 17.8 Å². The molecule has 0 saturated carbocycles. The monoisotopic (exact) mass is 252 g/mol. The number of hydrogen-bond acceptors (Lipinski definition) is 3. The van der Waals surface area contributed by atoms with Crippen molar-refractivity contribution in [3.05, 3.63) is 0 Å². The van der Waals surface area contributed by atoms with E-state index in [4.69, 9.17) is 5.11 Å². The molecule has 0 spiro atoms. The molecule has 2 fully saturated rings. The highest BCUT2D eigenvalue weighted by Gasteiger charge is 2.51. The Kier molecular flexibility index (Phi) is 3.31. The second-order valence-corrected chi connectivity index (χ2v) is 4.69. The zero-order chi connectivity index (χ0) is 12.6. The predicted octanol–water partition coefficient (Wildman–Crippen LogP) is -0.165. The Morgan fingerprint density at radius 1 is 1.35 bits per heavy atom. The molecule has 17 heavy (non-hydrogen) atoms. The lowest BCUT2D eigenvalue weighted by atomic mass is 9.97. The molecular weight excluding hydrogens is 237 g/mol. The molecule has 98 valence electrons. The molecule has 4 nitrogen and oxygen atoms in total. The maximum Gasteiger partial charge on any atom is 0.393 e. The molecule has 0 aliphatic carbocycles. The molecule has 7 heteroatoms. The molecular formula is C10H15F3N2O2. The quantitative estimate of drug-likeness (QED) is 0.717. The second kappa shape index (κ2) is 4.45. The SMILES string of the molecule is O=C(C1CNC1)N1C[C@@H](CO)[C@H](C(F)(F)F)C1. The van der Waals surface area contributed by atoms with E-state index in [0.717, 1.165) is 0 Å². The smallest absolute Gasteiger partial charge is 0.393 e. The summed E-state index contributed by atoms with van der Waals surface area (Å²) in [5.74, 6) is -2.90. The van der Waals surface area contributed by atoms with Crippen molar-refractivity contribution in [2.24, 2.45) is 17.8 Å². The maximum absolute atomic E-state index is 12.7. The average Bonchev–Trinajstić information content (AvgIpc) is 2.57. The first-order chi connectivity index (χ1) is 7.93. The molecule has 0 aromatic carbocycles. The van der Waals surface area contributed by atoms with Crippen molar-refractivity contribution in [1.82, 2.24) is 10.2 Å². The number of nitrogens with zero attached hydrogens (tertiary/aromatic N) is 1. The van der Waals surface area contributed by atoms with Gasteiger partial charge in [-0.3, -0.25) is 4.79 Å². The number of aliphatic hydroxyl groups excluding tert-OH is 1. The normalized spacial score (nSPS) is 30.5. The van der Waals surface area contributed by atoms with E-state index in [1.54, 1.807) is 0 Å². The minimum atomic E-state index is -4.35. The molecule has 2 atom stereocenters. The molecule has 0 bridgehead atoms. The van der Waals surface area contributed by atoms with Crippen LogP contribution < -0.4 is 5.32 Å². The van der Waals surface area contributed by atoms with Gasteiger partial charge in [-0.1, -0.05) is 0 Å². The standard InChI is InChI=1S/C10H15F3N2O2/c11-10(12,13)8-4-15(3-7(8)5-16)9(17)6-1-14-2-6/h6-8,14,16H,1-5H2/t7-,8+/m0/s1. The number of carbonyl (C=O) groups excluding carboxylic acids is 1. The van der Waals surface area contributed by atoms with E-state index in [0.29, 0.717) is 13.1 Å². The van der Waals surface area contributed by atoms with Gasteiger partial charge in [0, 0.05) is 38.7 Å². The summed E-state index contributed by atoms with van der Waals surface area (Å²) in [4.78, 5) is 13.0. The van der Waals surface area contributed by atoms with E-state index in [1.165, 1.54) is 4.90 Å². The van der Waals surface area contributed by atoms with Crippen LogP contribution in [0.5, 0.6) is 0 Å². The molecule has 0 aromatic heterocycles. The minimum absolute atomic E-state index is 0.00993. The van der Waals surface area contributed by atoms with Gasteiger partial charge in [-0.15, -0.1) is 0 Å². The predicted molar refractivity (Wildman–Crippen MR) is 53.1 cm³/mol. The van der Waals surface area contributed by atoms with E-state index >= 15 is 0 Å². The molecule has 2 rings (SSSR count). The Labute approximate surface area is 96.8 Å². The van der Waals surface area contributed by atoms with Crippen LogP contribution in [0.2, 0.25) is 0 Å². The molecule has 0 aromatic rings. The first kappa shape index (κ1) is 12.6. The van der Waals surface area contributed by atoms with Crippen LogP contribution in [0.15, 0.2) is 0 Å². The van der Waals surface area contributed by atoms with Crippen LogP contribution in [0.4, 0.5) is 13.2 Å². The van der Waals surface area contributed by atoms with Gasteiger partial charge in [-0.25, -0.2) is 0 Å². The third-order valence-electron chi connectivity index (χ3n) is 3.54. The van der Waals surface area contributed by atoms with Gasteiger partial charge in [0.1, 0.15) is 0 Å². The van der Waals surface area contributed by atoms with Crippen LogP contribution in [0.25, 0.3) is 0 Å². The highest BCUT2D eigenvalue weighted by atomic mass is 19.4. The van der Waals surface area contributed by atoms with Gasteiger partial charge < -0.3 is 15.3 Å². The second-order valence-electron chi connectivity index (χ2n) is 4.69. The lowest BCUT2D eigenvalue weighted by molar-refractivity contribution is -0.183. The molecule has 2 aliphatic heterocycles. The summed E-state index contributed by atoms with van der Waals surface area (Å²) in [6, 6.07) is 0. The third kappa shape index (κ3) is 2.40. The van der Waals surface area contributed by atoms with E-state index < -0.39 is 24.6 Å². The van der Waals surface area contributed by atoms with E-state index in [-0.39, 0.29) is 24.9 Å². The van der Waals surface area contributed by atoms with Crippen molar-refractivity contribution in [3.8, 4) is 0 Å². The Balaban J connectivity index is 2.01. The van der Waals surface area contributed by atoms with Crippen molar-refractivity contribution in [1.29, 1.82) is 0 Å². The topological polar surface area (TPSA) is 52.6 Å². The summed E-state index contributed by atoms with van der Waals surface area (Å²) in [5.41, 5.74) is 0. The number of likely N-dealkylation sites (tertiary alicyclic amines) is 1. The Hall–Kier alpha value is -0.820. The number of alkyl halides is 3. The first-order valence-electron chi connectivity index (χ1n) is 5.60. The molecule has 0 radical (unpaired) electrons. The Morgan fingerprint density at radius 3 is 2.35 bits per heavy atom. The lowest BCUT2D eigenvalue weighted by Gasteiger charge is -2.30. The number of hydrogen-bond donors (Lipinski definition) is 2. The average molecular weight is 252 g/mol. The van der Waals surface area contributed by atoms with Crippen LogP contribution in [-0.2, 0) is 4.79 Å². The van der Waals surface area contributed by atoms with Crippen LogP contribution in [-0.4, -0.2) is 54.9 Å². The molecule has 2 heterocycles. The molecule has 2 saturated heterocycles. The van der Waals surface area contributed by atoms with E-state index in [9.17, 15) is 18.0 Å². The number of halogens is 3. The minimum Gasteiger partial charge on any atom is -0.396 e. The fourth-order valence-electron chi connectivity index (χ4n) is 2.33. The van der Waals surface area contributed by atoms with Crippen LogP contribution in [0.3, 0.4) is 0 Å². The Morgan fingerprint density at radius 2 is 2.00 bits per heavy atom. The molecule has 2 aliphatic rings. The number of nitrogens with one attached hydrogen (secondary N) is 1. The molecule has 1 amide bonds. The third-order valence-corrected chi connectivity index (χ3v) is 3.54. The number of aliphatic hydroxyl groups is 1. The first-order valence-corrected chi connectivity index (χ1v) is 5.60. The van der Waals surface area contributed by atoms with Gasteiger partial charge in [0.2, 0.25) is 5.91 Å². The van der Waals surface area contributed by atoms with E-state index in [2.05, 4.69) is 5.32 Å². The number of carbonyl (C=O) groups is 1. The fourth-order valence-corrected chi connectivity index (χ4v) is 2.33. The molecule has 0 unspecified atom stereocenters. The lowest BCUT2D eigenvalue weighted by Crippen LogP contribution is -2.51. The summed E-state index contributed by atoms with van der Waals surface area (Å²) >= 11 is 0. The van der Waals surface area contributed by atoms with Gasteiger partial charge in [0.05, 0.1) is 11.8 Å². The fraction of sp³-hybridized carbons (Fsp3) is 0.900. The van der Waals surface area contributed by atoms with Gasteiger partial charge in [-0.05, 0) is 0 Å². The van der Waals surface area contributed by atoms with Gasteiger partial charge in [-0.2, -0.15) is 13.2 Å². The highest BCUT2D eigenvalue weighted by Crippen LogP contribution is 2.37. The summed E-state index contributed by atoms with van der Waals surface area (Å²) < 4.78 is 38.0. The maximum atomic E-state index is 12.7. The number of amides is 1. The highest BCUT2D eigenvalue weighted by molar-refractivity contribution is 5.80. The van der Waals surface area contributed by atoms with Crippen LogP contribution in [0.1, 0.15) is 0 Å². The van der Waals surface area contributed by atoms with Crippen LogP contribution >= 0.6 is 0 Å². The van der Waals surface area contributed by atoms with Crippen molar-refractivity contribution in [2.75, 3.05) is 32.8 Å². The van der Waals surface area contributed by atoms with E-state index in [1.807, 2.05) is 0 Å². The zero-order valence-electron chi connectivity index (χ0n) is 9.20. The van der Waals surface area contributed by atoms with Gasteiger partial charge >= 0.3 is 6.18 Å². The van der Waals surface area contributed by atoms with Crippen molar-refractivity contribution in [3.63, 3.8) is 0 Å². The summed E-state index contributed by atoms with van der Waals surface area (Å²) in [6.45, 7) is 0.239. The zero-order valence-corrected chi connectivity index (χ0v) is 9.20. The van der Waals surface area contributed by atoms with Gasteiger partial charge in [0.25, 0.3) is 0 Å². The van der Waals surface area contributed by atoms with Crippen molar-refractivity contribution < 1.29 is 23.1 Å². The Bertz CT molecular complexity index is 304. The van der Waals surface area contributed by atoms with Crippen molar-refractivity contribution >= 4 is 5.91 Å². The summed E-state index contributed by atoms with van der Waals surface area (Å²) in [7, 11) is 0. The summed E-state index contributed by atoms with van der Waals surface area (Å²) in [6.07, 6.45) is -4.35. The summed E-state index contributed by atoms with van der Waals surface area (Å²) in [5, 5.41) is 11.9. The van der Waals surface area contributed by atoms with Crippen molar-refractivity contribution in [2.45, 2.75) is 6.18 Å². The van der Waals surface area contributed by atoms with Gasteiger partial charge in [0.15, 0.2) is 0 Å². The number of rotatable bonds is 2.